The maximum Gasteiger partial charge on any atom is 0.337 e. The van der Waals surface area contributed by atoms with Crippen LogP contribution in [0, 0.1) is 0 Å². The summed E-state index contributed by atoms with van der Waals surface area (Å²) in [6, 6.07) is 5.22. The molecule has 0 unspecified atom stereocenters. The van der Waals surface area contributed by atoms with E-state index in [-0.39, 0.29) is 5.97 Å². The van der Waals surface area contributed by atoms with Crippen molar-refractivity contribution in [1.29, 1.82) is 0 Å². The van der Waals surface area contributed by atoms with Gasteiger partial charge in [0.1, 0.15) is 5.75 Å². The molecular weight excluding hydrogens is 218 g/mol. The molecular formula is C13H17NO3. The van der Waals surface area contributed by atoms with Crippen molar-refractivity contribution in [2.75, 3.05) is 27.8 Å². The van der Waals surface area contributed by atoms with E-state index >= 15 is 0 Å². The average molecular weight is 235 g/mol. The van der Waals surface area contributed by atoms with Gasteiger partial charge in [-0.05, 0) is 19.2 Å². The Balaban J connectivity index is 2.97. The predicted molar refractivity (Wildman–Crippen MR) is 67.3 cm³/mol. The maximum atomic E-state index is 11.3. The van der Waals surface area contributed by atoms with E-state index in [0.29, 0.717) is 11.3 Å². The molecule has 1 rings (SSSR count). The molecule has 0 aliphatic heterocycles. The molecule has 1 aromatic rings. The maximum absolute atomic E-state index is 11.3. The highest BCUT2D eigenvalue weighted by molar-refractivity contribution is 5.90. The lowest BCUT2D eigenvalue weighted by Gasteiger charge is -2.07. The van der Waals surface area contributed by atoms with Gasteiger partial charge >= 0.3 is 5.97 Å². The van der Waals surface area contributed by atoms with Crippen LogP contribution in [0.15, 0.2) is 24.3 Å². The number of nitrogens with one attached hydrogen (secondary N) is 1. The number of carbonyl (C=O) groups is 1. The Hall–Kier alpha value is -1.81. The molecule has 0 amide bonds. The molecule has 17 heavy (non-hydrogen) atoms. The zero-order valence-corrected chi connectivity index (χ0v) is 10.3. The van der Waals surface area contributed by atoms with Crippen LogP contribution < -0.4 is 10.1 Å². The van der Waals surface area contributed by atoms with E-state index in [1.807, 2.05) is 25.3 Å². The van der Waals surface area contributed by atoms with Crippen LogP contribution in [0.1, 0.15) is 15.9 Å². The monoisotopic (exact) mass is 235 g/mol. The normalized spacial score (nSPS) is 10.5. The van der Waals surface area contributed by atoms with E-state index in [1.54, 1.807) is 19.2 Å². The number of carbonyl (C=O) groups excluding carboxylic acids is 1. The fourth-order valence-corrected chi connectivity index (χ4v) is 1.40. The summed E-state index contributed by atoms with van der Waals surface area (Å²) in [6.45, 7) is 0.780. The Morgan fingerprint density at radius 1 is 1.41 bits per heavy atom. The first-order chi connectivity index (χ1) is 8.22. The van der Waals surface area contributed by atoms with Crippen molar-refractivity contribution >= 4 is 12.0 Å². The molecule has 0 saturated heterocycles. The molecule has 0 saturated carbocycles. The zero-order valence-electron chi connectivity index (χ0n) is 10.3. The van der Waals surface area contributed by atoms with Crippen LogP contribution in [0.3, 0.4) is 0 Å². The molecule has 1 N–H and O–H groups in total. The molecule has 0 heterocycles. The van der Waals surface area contributed by atoms with E-state index in [0.717, 1.165) is 12.1 Å². The third kappa shape index (κ3) is 3.60. The van der Waals surface area contributed by atoms with Gasteiger partial charge in [0.05, 0.1) is 19.8 Å². The minimum absolute atomic E-state index is 0.367. The highest BCUT2D eigenvalue weighted by Crippen LogP contribution is 2.21. The van der Waals surface area contributed by atoms with E-state index < -0.39 is 0 Å². The lowest BCUT2D eigenvalue weighted by molar-refractivity contribution is 0.0600. The van der Waals surface area contributed by atoms with E-state index in [2.05, 4.69) is 10.1 Å². The van der Waals surface area contributed by atoms with Crippen molar-refractivity contribution in [2.45, 2.75) is 0 Å². The SMILES string of the molecule is CNCC=Cc1ccc(C(=O)OC)cc1OC. The molecule has 0 radical (unpaired) electrons. The second-order valence-corrected chi connectivity index (χ2v) is 3.41. The first kappa shape index (κ1) is 13.3. The molecule has 1 aromatic carbocycles. The highest BCUT2D eigenvalue weighted by atomic mass is 16.5. The van der Waals surface area contributed by atoms with Gasteiger partial charge in [-0.3, -0.25) is 0 Å². The molecule has 0 bridgehead atoms. The summed E-state index contributed by atoms with van der Waals surface area (Å²) >= 11 is 0. The van der Waals surface area contributed by atoms with Crippen molar-refractivity contribution in [2.24, 2.45) is 0 Å². The van der Waals surface area contributed by atoms with Crippen LogP contribution in [-0.4, -0.2) is 33.8 Å². The van der Waals surface area contributed by atoms with Gasteiger partial charge in [0.15, 0.2) is 0 Å². The molecule has 0 spiro atoms. The Morgan fingerprint density at radius 3 is 2.76 bits per heavy atom. The minimum Gasteiger partial charge on any atom is -0.496 e. The van der Waals surface area contributed by atoms with Gasteiger partial charge in [-0.2, -0.15) is 0 Å². The first-order valence-corrected chi connectivity index (χ1v) is 5.30. The quantitative estimate of drug-likeness (QED) is 0.789. The second kappa shape index (κ2) is 6.70. The summed E-state index contributed by atoms with van der Waals surface area (Å²) in [5, 5.41) is 3.01. The lowest BCUT2D eigenvalue weighted by atomic mass is 10.1. The molecule has 92 valence electrons. The molecule has 0 atom stereocenters. The average Bonchev–Trinajstić information content (AvgIpc) is 2.38. The van der Waals surface area contributed by atoms with Gasteiger partial charge in [-0.25, -0.2) is 4.79 Å². The summed E-state index contributed by atoms with van der Waals surface area (Å²) in [5.74, 6) is 0.286. The van der Waals surface area contributed by atoms with Crippen LogP contribution in [0.25, 0.3) is 6.08 Å². The van der Waals surface area contributed by atoms with E-state index in [4.69, 9.17) is 4.74 Å². The van der Waals surface area contributed by atoms with Gasteiger partial charge in [0.25, 0.3) is 0 Å². The first-order valence-electron chi connectivity index (χ1n) is 5.30. The molecule has 4 heteroatoms. The van der Waals surface area contributed by atoms with Crippen LogP contribution in [0.2, 0.25) is 0 Å². The number of methoxy groups -OCH3 is 2. The largest absolute Gasteiger partial charge is 0.496 e. The number of likely N-dealkylation sites (N-methyl/N-ethyl adjacent to an activating group) is 1. The topological polar surface area (TPSA) is 47.6 Å². The van der Waals surface area contributed by atoms with E-state index in [1.165, 1.54) is 7.11 Å². The van der Waals surface area contributed by atoms with Gasteiger partial charge in [0, 0.05) is 12.1 Å². The molecule has 0 aromatic heterocycles. The standard InChI is InChI=1S/C13H17NO3/c1-14-8-4-5-10-6-7-11(13(15)17-3)9-12(10)16-2/h4-7,9,14H,8H2,1-3H3. The van der Waals surface area contributed by atoms with Crippen molar-refractivity contribution in [1.82, 2.24) is 5.32 Å². The van der Waals surface area contributed by atoms with Gasteiger partial charge in [0.2, 0.25) is 0 Å². The number of esters is 1. The van der Waals surface area contributed by atoms with Gasteiger partial charge in [-0.1, -0.05) is 18.2 Å². The molecule has 0 aliphatic rings. The minimum atomic E-state index is -0.367. The van der Waals surface area contributed by atoms with Gasteiger partial charge in [-0.15, -0.1) is 0 Å². The molecule has 4 nitrogen and oxygen atoms in total. The number of hydrogen-bond acceptors (Lipinski definition) is 4. The summed E-state index contributed by atoms with van der Waals surface area (Å²) in [4.78, 5) is 11.3. The zero-order chi connectivity index (χ0) is 12.7. The fraction of sp³-hybridized carbons (Fsp3) is 0.308. The van der Waals surface area contributed by atoms with E-state index in [9.17, 15) is 4.79 Å². The summed E-state index contributed by atoms with van der Waals surface area (Å²) in [6.07, 6.45) is 3.92. The fourth-order valence-electron chi connectivity index (χ4n) is 1.40. The molecule has 0 aliphatic carbocycles. The summed E-state index contributed by atoms with van der Waals surface area (Å²) < 4.78 is 9.88. The number of ether oxygens (including phenoxy) is 2. The van der Waals surface area contributed by atoms with Crippen LogP contribution in [0.5, 0.6) is 5.75 Å². The van der Waals surface area contributed by atoms with Crippen LogP contribution in [0.4, 0.5) is 0 Å². The van der Waals surface area contributed by atoms with Crippen molar-refractivity contribution in [3.8, 4) is 5.75 Å². The lowest BCUT2D eigenvalue weighted by Crippen LogP contribution is -2.04. The number of benzene rings is 1. The number of hydrogen-bond donors (Lipinski definition) is 1. The van der Waals surface area contributed by atoms with Crippen molar-refractivity contribution in [3.05, 3.63) is 35.4 Å². The third-order valence-electron chi connectivity index (χ3n) is 2.27. The summed E-state index contributed by atoms with van der Waals surface area (Å²) in [5.41, 5.74) is 1.41. The Morgan fingerprint density at radius 2 is 2.18 bits per heavy atom. The predicted octanol–water partition coefficient (Wildman–Crippen LogP) is 1.71. The smallest absolute Gasteiger partial charge is 0.337 e. The Labute approximate surface area is 101 Å². The Bertz CT molecular complexity index is 413. The summed E-state index contributed by atoms with van der Waals surface area (Å²) in [7, 11) is 4.81. The highest BCUT2D eigenvalue weighted by Gasteiger charge is 2.08. The van der Waals surface area contributed by atoms with Gasteiger partial charge < -0.3 is 14.8 Å². The Kier molecular flexibility index (Phi) is 5.23. The molecule has 0 fully saturated rings. The van der Waals surface area contributed by atoms with Crippen molar-refractivity contribution < 1.29 is 14.3 Å². The van der Waals surface area contributed by atoms with Crippen molar-refractivity contribution in [3.63, 3.8) is 0 Å². The number of rotatable bonds is 5. The third-order valence-corrected chi connectivity index (χ3v) is 2.27. The van der Waals surface area contributed by atoms with Crippen LogP contribution >= 0.6 is 0 Å². The second-order valence-electron chi connectivity index (χ2n) is 3.41. The van der Waals surface area contributed by atoms with Crippen LogP contribution in [-0.2, 0) is 4.74 Å².